The van der Waals surface area contributed by atoms with Crippen LogP contribution in [0.15, 0.2) is 66.4 Å². The quantitative estimate of drug-likeness (QED) is 0.587. The van der Waals surface area contributed by atoms with Crippen LogP contribution in [0.4, 0.5) is 4.39 Å². The third-order valence-electron chi connectivity index (χ3n) is 3.65. The average molecular weight is 402 g/mol. The molecule has 0 saturated carbocycles. The molecule has 136 valence electrons. The molecule has 0 aliphatic carbocycles. The fourth-order valence-corrected chi connectivity index (χ4v) is 3.65. The third-order valence-corrected chi connectivity index (χ3v) is 5.04. The lowest BCUT2D eigenvalue weighted by Crippen LogP contribution is -2.27. The largest absolute Gasteiger partial charge is 0.477 e. The molecule has 2 aromatic carbocycles. The van der Waals surface area contributed by atoms with E-state index in [1.54, 1.807) is 12.1 Å². The Balaban J connectivity index is 1.87. The maximum Gasteiger partial charge on any atom is 0.352 e. The van der Waals surface area contributed by atoms with Crippen LogP contribution in [0.2, 0.25) is 5.02 Å². The number of hydrogen-bond acceptors (Lipinski definition) is 3. The van der Waals surface area contributed by atoms with Crippen LogP contribution in [-0.4, -0.2) is 17.0 Å². The minimum atomic E-state index is -1.33. The highest BCUT2D eigenvalue weighted by Crippen LogP contribution is 2.33. The zero-order valence-corrected chi connectivity index (χ0v) is 15.4. The maximum absolute atomic E-state index is 13.7. The number of carbonyl (C=O) groups is 2. The number of carboxylic acids is 1. The molecule has 0 spiro atoms. The van der Waals surface area contributed by atoms with Gasteiger partial charge in [0.15, 0.2) is 0 Å². The molecule has 0 unspecified atom stereocenters. The highest BCUT2D eigenvalue weighted by Gasteiger charge is 2.16. The van der Waals surface area contributed by atoms with Crippen LogP contribution in [0.25, 0.3) is 16.5 Å². The second kappa shape index (κ2) is 8.16. The SMILES string of the molecule is O=C(O)C(=Cc1ccc(-c2ccccc2Cl)s1)NC(=O)c1ccccc1F. The zero-order valence-electron chi connectivity index (χ0n) is 13.8. The summed E-state index contributed by atoms with van der Waals surface area (Å²) in [6, 6.07) is 16.2. The van der Waals surface area contributed by atoms with Crippen LogP contribution in [0.1, 0.15) is 15.2 Å². The summed E-state index contributed by atoms with van der Waals surface area (Å²) in [5.74, 6) is -2.88. The molecule has 0 saturated heterocycles. The van der Waals surface area contributed by atoms with E-state index in [0.29, 0.717) is 9.90 Å². The number of nitrogens with one attached hydrogen (secondary N) is 1. The maximum atomic E-state index is 13.7. The first-order chi connectivity index (χ1) is 13.0. The summed E-state index contributed by atoms with van der Waals surface area (Å²) in [6.07, 6.45) is 1.33. The first kappa shape index (κ1) is 18.8. The number of hydrogen-bond donors (Lipinski definition) is 2. The number of thiophene rings is 1. The summed E-state index contributed by atoms with van der Waals surface area (Å²) in [7, 11) is 0. The van der Waals surface area contributed by atoms with Gasteiger partial charge in [0.2, 0.25) is 0 Å². The molecule has 0 aliphatic rings. The second-order valence-electron chi connectivity index (χ2n) is 5.48. The van der Waals surface area contributed by atoms with Crippen molar-refractivity contribution >= 4 is 40.9 Å². The van der Waals surface area contributed by atoms with E-state index < -0.39 is 17.7 Å². The molecule has 27 heavy (non-hydrogen) atoms. The van der Waals surface area contributed by atoms with E-state index in [1.165, 1.54) is 35.6 Å². The lowest BCUT2D eigenvalue weighted by atomic mass is 10.2. The first-order valence-electron chi connectivity index (χ1n) is 7.81. The highest BCUT2D eigenvalue weighted by atomic mass is 35.5. The van der Waals surface area contributed by atoms with Crippen LogP contribution < -0.4 is 5.32 Å². The normalized spacial score (nSPS) is 11.3. The van der Waals surface area contributed by atoms with E-state index in [2.05, 4.69) is 5.32 Å². The van der Waals surface area contributed by atoms with Gasteiger partial charge in [-0.3, -0.25) is 4.79 Å². The van der Waals surface area contributed by atoms with E-state index >= 15 is 0 Å². The fraction of sp³-hybridized carbons (Fsp3) is 0. The van der Waals surface area contributed by atoms with Gasteiger partial charge in [0.05, 0.1) is 5.56 Å². The highest BCUT2D eigenvalue weighted by molar-refractivity contribution is 7.16. The van der Waals surface area contributed by atoms with Gasteiger partial charge >= 0.3 is 5.97 Å². The Labute approximate surface area is 163 Å². The van der Waals surface area contributed by atoms with Gasteiger partial charge in [-0.05, 0) is 36.4 Å². The van der Waals surface area contributed by atoms with Crippen molar-refractivity contribution in [1.29, 1.82) is 0 Å². The van der Waals surface area contributed by atoms with Gasteiger partial charge in [0, 0.05) is 20.3 Å². The Hall–Kier alpha value is -2.96. The van der Waals surface area contributed by atoms with Gasteiger partial charge in [-0.2, -0.15) is 0 Å². The van der Waals surface area contributed by atoms with Crippen molar-refractivity contribution < 1.29 is 19.1 Å². The number of carbonyl (C=O) groups excluding carboxylic acids is 1. The van der Waals surface area contributed by atoms with Gasteiger partial charge in [0.1, 0.15) is 11.5 Å². The molecule has 0 aliphatic heterocycles. The average Bonchev–Trinajstić information content (AvgIpc) is 3.10. The molecule has 7 heteroatoms. The molecule has 0 bridgehead atoms. The van der Waals surface area contributed by atoms with Crippen LogP contribution >= 0.6 is 22.9 Å². The Morgan fingerprint density at radius 1 is 1.04 bits per heavy atom. The van der Waals surface area contributed by atoms with Crippen molar-refractivity contribution in [1.82, 2.24) is 5.32 Å². The molecular formula is C20H13ClFNO3S. The number of amides is 1. The fourth-order valence-electron chi connectivity index (χ4n) is 2.36. The van der Waals surface area contributed by atoms with Crippen molar-refractivity contribution in [2.75, 3.05) is 0 Å². The van der Waals surface area contributed by atoms with E-state index in [1.807, 2.05) is 24.3 Å². The minimum Gasteiger partial charge on any atom is -0.477 e. The van der Waals surface area contributed by atoms with Gasteiger partial charge in [0.25, 0.3) is 5.91 Å². The smallest absolute Gasteiger partial charge is 0.352 e. The molecule has 0 atom stereocenters. The molecule has 1 heterocycles. The lowest BCUT2D eigenvalue weighted by molar-refractivity contribution is -0.132. The van der Waals surface area contributed by atoms with Crippen molar-refractivity contribution in [2.24, 2.45) is 0 Å². The van der Waals surface area contributed by atoms with Crippen LogP contribution in [-0.2, 0) is 4.79 Å². The molecule has 0 radical (unpaired) electrons. The molecule has 3 aromatic rings. The third kappa shape index (κ3) is 4.42. The van der Waals surface area contributed by atoms with E-state index in [4.69, 9.17) is 11.6 Å². The summed E-state index contributed by atoms with van der Waals surface area (Å²) < 4.78 is 13.7. The molecule has 3 rings (SSSR count). The first-order valence-corrected chi connectivity index (χ1v) is 9.01. The van der Waals surface area contributed by atoms with E-state index in [9.17, 15) is 19.1 Å². The predicted octanol–water partition coefficient (Wildman–Crippen LogP) is 5.06. The second-order valence-corrected chi connectivity index (χ2v) is 7.00. The molecule has 4 nitrogen and oxygen atoms in total. The van der Waals surface area contributed by atoms with Crippen molar-refractivity contribution in [3.05, 3.63) is 87.6 Å². The number of aliphatic carboxylic acids is 1. The van der Waals surface area contributed by atoms with Crippen molar-refractivity contribution in [3.8, 4) is 10.4 Å². The van der Waals surface area contributed by atoms with Crippen LogP contribution in [0, 0.1) is 5.82 Å². The van der Waals surface area contributed by atoms with Gasteiger partial charge in [-0.1, -0.05) is 41.9 Å². The molecule has 1 amide bonds. The summed E-state index contributed by atoms with van der Waals surface area (Å²) in [6.45, 7) is 0. The number of benzene rings is 2. The summed E-state index contributed by atoms with van der Waals surface area (Å²) in [4.78, 5) is 25.1. The standard InChI is InChI=1S/C20H13ClFNO3S/c21-15-7-3-1-5-13(15)18-10-9-12(27-18)11-17(20(25)26)23-19(24)14-6-2-4-8-16(14)22/h1-11H,(H,23,24)(H,25,26). The molecule has 1 aromatic heterocycles. The number of halogens is 2. The summed E-state index contributed by atoms with van der Waals surface area (Å²) in [5, 5.41) is 12.2. The van der Waals surface area contributed by atoms with Crippen LogP contribution in [0.5, 0.6) is 0 Å². The monoisotopic (exact) mass is 401 g/mol. The number of carboxylic acid groups (broad SMARTS) is 1. The predicted molar refractivity (Wildman–Crippen MR) is 104 cm³/mol. The minimum absolute atomic E-state index is 0.229. The van der Waals surface area contributed by atoms with Crippen molar-refractivity contribution in [3.63, 3.8) is 0 Å². The van der Waals surface area contributed by atoms with Crippen LogP contribution in [0.3, 0.4) is 0 Å². The lowest BCUT2D eigenvalue weighted by Gasteiger charge is -2.06. The summed E-state index contributed by atoms with van der Waals surface area (Å²) in [5.41, 5.74) is 0.250. The zero-order chi connectivity index (χ0) is 19.4. The van der Waals surface area contributed by atoms with E-state index in [0.717, 1.165) is 16.5 Å². The molecular weight excluding hydrogens is 389 g/mol. The Kier molecular flexibility index (Phi) is 5.69. The molecule has 0 fully saturated rings. The van der Waals surface area contributed by atoms with Gasteiger partial charge in [-0.25, -0.2) is 9.18 Å². The summed E-state index contributed by atoms with van der Waals surface area (Å²) >= 11 is 7.50. The van der Waals surface area contributed by atoms with Crippen molar-refractivity contribution in [2.45, 2.75) is 0 Å². The Bertz CT molecular complexity index is 1040. The number of rotatable bonds is 5. The Morgan fingerprint density at radius 2 is 1.74 bits per heavy atom. The van der Waals surface area contributed by atoms with Gasteiger partial charge in [-0.15, -0.1) is 11.3 Å². The van der Waals surface area contributed by atoms with E-state index in [-0.39, 0.29) is 11.3 Å². The van der Waals surface area contributed by atoms with Gasteiger partial charge < -0.3 is 10.4 Å². The Morgan fingerprint density at radius 3 is 2.44 bits per heavy atom. The molecule has 2 N–H and O–H groups in total. The topological polar surface area (TPSA) is 66.4 Å².